The SMILES string of the molecule is COc1ccc(Cl)cc1N1CCN(C(=O)NCc2ccc(F)cc2)CC1. The van der Waals surface area contributed by atoms with Gasteiger partial charge in [0.15, 0.2) is 0 Å². The smallest absolute Gasteiger partial charge is 0.317 e. The second kappa shape index (κ2) is 8.27. The number of methoxy groups -OCH3 is 1. The minimum atomic E-state index is -0.285. The van der Waals surface area contributed by atoms with Crippen molar-refractivity contribution in [3.63, 3.8) is 0 Å². The van der Waals surface area contributed by atoms with Gasteiger partial charge in [-0.1, -0.05) is 23.7 Å². The zero-order chi connectivity index (χ0) is 18.5. The van der Waals surface area contributed by atoms with E-state index >= 15 is 0 Å². The van der Waals surface area contributed by atoms with Crippen molar-refractivity contribution in [1.82, 2.24) is 10.2 Å². The Morgan fingerprint density at radius 3 is 2.50 bits per heavy atom. The van der Waals surface area contributed by atoms with Crippen molar-refractivity contribution in [2.24, 2.45) is 0 Å². The number of urea groups is 1. The first-order chi connectivity index (χ1) is 12.6. The molecule has 1 aliphatic heterocycles. The number of hydrogen-bond donors (Lipinski definition) is 1. The van der Waals surface area contributed by atoms with E-state index in [1.54, 1.807) is 30.2 Å². The molecule has 0 saturated carbocycles. The molecule has 0 spiro atoms. The van der Waals surface area contributed by atoms with E-state index in [1.165, 1.54) is 12.1 Å². The molecule has 26 heavy (non-hydrogen) atoms. The molecule has 2 aromatic carbocycles. The minimum Gasteiger partial charge on any atom is -0.495 e. The van der Waals surface area contributed by atoms with E-state index in [9.17, 15) is 9.18 Å². The van der Waals surface area contributed by atoms with Gasteiger partial charge in [0.1, 0.15) is 11.6 Å². The number of anilines is 1. The van der Waals surface area contributed by atoms with Crippen LogP contribution in [0.25, 0.3) is 0 Å². The van der Waals surface area contributed by atoms with Crippen molar-refractivity contribution in [3.05, 3.63) is 58.9 Å². The summed E-state index contributed by atoms with van der Waals surface area (Å²) < 4.78 is 18.3. The first-order valence-electron chi connectivity index (χ1n) is 8.42. The Bertz CT molecular complexity index is 762. The molecule has 2 amide bonds. The summed E-state index contributed by atoms with van der Waals surface area (Å²) in [7, 11) is 1.63. The summed E-state index contributed by atoms with van der Waals surface area (Å²) in [6.45, 7) is 2.97. The van der Waals surface area contributed by atoms with Crippen LogP contribution in [-0.4, -0.2) is 44.2 Å². The predicted octanol–water partition coefficient (Wildman–Crippen LogP) is 3.52. The summed E-state index contributed by atoms with van der Waals surface area (Å²) in [5.74, 6) is 0.483. The predicted molar refractivity (Wildman–Crippen MR) is 100 cm³/mol. The highest BCUT2D eigenvalue weighted by atomic mass is 35.5. The van der Waals surface area contributed by atoms with Crippen molar-refractivity contribution in [1.29, 1.82) is 0 Å². The number of nitrogens with zero attached hydrogens (tertiary/aromatic N) is 2. The molecule has 0 bridgehead atoms. The molecule has 2 aromatic rings. The van der Waals surface area contributed by atoms with E-state index in [-0.39, 0.29) is 11.8 Å². The van der Waals surface area contributed by atoms with Gasteiger partial charge in [-0.05, 0) is 35.9 Å². The normalized spacial score (nSPS) is 14.3. The van der Waals surface area contributed by atoms with Gasteiger partial charge in [-0.2, -0.15) is 0 Å². The average Bonchev–Trinajstić information content (AvgIpc) is 2.67. The van der Waals surface area contributed by atoms with Crippen molar-refractivity contribution in [3.8, 4) is 5.75 Å². The second-order valence-corrected chi connectivity index (χ2v) is 6.51. The van der Waals surface area contributed by atoms with E-state index in [0.717, 1.165) is 17.0 Å². The Morgan fingerprint density at radius 2 is 1.85 bits per heavy atom. The molecule has 0 unspecified atom stereocenters. The molecule has 0 atom stereocenters. The van der Waals surface area contributed by atoms with Crippen LogP contribution in [0.4, 0.5) is 14.9 Å². The van der Waals surface area contributed by atoms with Gasteiger partial charge in [0.25, 0.3) is 0 Å². The van der Waals surface area contributed by atoms with Crippen LogP contribution in [0.3, 0.4) is 0 Å². The summed E-state index contributed by atoms with van der Waals surface area (Å²) in [6, 6.07) is 11.5. The molecule has 5 nitrogen and oxygen atoms in total. The van der Waals surface area contributed by atoms with Crippen LogP contribution in [-0.2, 0) is 6.54 Å². The maximum absolute atomic E-state index is 12.9. The lowest BCUT2D eigenvalue weighted by atomic mass is 10.2. The highest BCUT2D eigenvalue weighted by molar-refractivity contribution is 6.30. The zero-order valence-electron chi connectivity index (χ0n) is 14.5. The average molecular weight is 378 g/mol. The van der Waals surface area contributed by atoms with E-state index in [1.807, 2.05) is 12.1 Å². The lowest BCUT2D eigenvalue weighted by Gasteiger charge is -2.36. The van der Waals surface area contributed by atoms with Crippen molar-refractivity contribution >= 4 is 23.3 Å². The van der Waals surface area contributed by atoms with Gasteiger partial charge in [0.2, 0.25) is 0 Å². The summed E-state index contributed by atoms with van der Waals surface area (Å²) in [6.07, 6.45) is 0. The van der Waals surface area contributed by atoms with Gasteiger partial charge in [0.05, 0.1) is 12.8 Å². The van der Waals surface area contributed by atoms with Gasteiger partial charge in [-0.15, -0.1) is 0 Å². The maximum Gasteiger partial charge on any atom is 0.317 e. The fraction of sp³-hybridized carbons (Fsp3) is 0.316. The monoisotopic (exact) mass is 377 g/mol. The standard InChI is InChI=1S/C19H21ClFN3O2/c1-26-18-7-4-15(20)12-17(18)23-8-10-24(11-9-23)19(25)22-13-14-2-5-16(21)6-3-14/h2-7,12H,8-11,13H2,1H3,(H,22,25). The van der Waals surface area contributed by atoms with Crippen LogP contribution in [0.15, 0.2) is 42.5 Å². The molecule has 1 aliphatic rings. The molecule has 3 rings (SSSR count). The highest BCUT2D eigenvalue weighted by Gasteiger charge is 2.23. The molecule has 7 heteroatoms. The van der Waals surface area contributed by atoms with Gasteiger partial charge in [-0.25, -0.2) is 9.18 Å². The Balaban J connectivity index is 1.54. The molecule has 0 aromatic heterocycles. The summed E-state index contributed by atoms with van der Waals surface area (Å²) in [5.41, 5.74) is 1.80. The zero-order valence-corrected chi connectivity index (χ0v) is 15.3. The summed E-state index contributed by atoms with van der Waals surface area (Å²) in [4.78, 5) is 16.3. The first kappa shape index (κ1) is 18.3. The third-order valence-electron chi connectivity index (χ3n) is 4.41. The van der Waals surface area contributed by atoms with Crippen molar-refractivity contribution in [2.45, 2.75) is 6.54 Å². The molecular weight excluding hydrogens is 357 g/mol. The van der Waals surface area contributed by atoms with Crippen LogP contribution < -0.4 is 15.0 Å². The van der Waals surface area contributed by atoms with E-state index in [2.05, 4.69) is 10.2 Å². The first-order valence-corrected chi connectivity index (χ1v) is 8.80. The van der Waals surface area contributed by atoms with Gasteiger partial charge >= 0.3 is 6.03 Å². The molecule has 1 fully saturated rings. The lowest BCUT2D eigenvalue weighted by molar-refractivity contribution is 0.194. The number of benzene rings is 2. The topological polar surface area (TPSA) is 44.8 Å². The molecule has 1 heterocycles. The fourth-order valence-corrected chi connectivity index (χ4v) is 3.12. The largest absolute Gasteiger partial charge is 0.495 e. The van der Waals surface area contributed by atoms with Crippen LogP contribution in [0.2, 0.25) is 5.02 Å². The lowest BCUT2D eigenvalue weighted by Crippen LogP contribution is -2.51. The molecule has 1 N–H and O–H groups in total. The highest BCUT2D eigenvalue weighted by Crippen LogP contribution is 2.31. The third kappa shape index (κ3) is 4.38. The Kier molecular flexibility index (Phi) is 5.83. The number of piperazine rings is 1. The van der Waals surface area contributed by atoms with Crippen LogP contribution in [0.1, 0.15) is 5.56 Å². The molecule has 1 saturated heterocycles. The van der Waals surface area contributed by atoms with E-state index < -0.39 is 0 Å². The van der Waals surface area contributed by atoms with Crippen LogP contribution in [0, 0.1) is 5.82 Å². The number of amides is 2. The number of carbonyl (C=O) groups excluding carboxylic acids is 1. The second-order valence-electron chi connectivity index (χ2n) is 6.08. The van der Waals surface area contributed by atoms with E-state index in [0.29, 0.717) is 37.7 Å². The van der Waals surface area contributed by atoms with Gasteiger partial charge in [0, 0.05) is 37.7 Å². The number of carbonyl (C=O) groups is 1. The van der Waals surface area contributed by atoms with Crippen molar-refractivity contribution in [2.75, 3.05) is 38.2 Å². The van der Waals surface area contributed by atoms with Crippen LogP contribution in [0.5, 0.6) is 5.75 Å². The molecule has 138 valence electrons. The molecule has 0 aliphatic carbocycles. The van der Waals surface area contributed by atoms with Crippen molar-refractivity contribution < 1.29 is 13.9 Å². The third-order valence-corrected chi connectivity index (χ3v) is 4.64. The number of hydrogen-bond acceptors (Lipinski definition) is 3. The fourth-order valence-electron chi connectivity index (χ4n) is 2.95. The molecular formula is C19H21ClFN3O2. The van der Waals surface area contributed by atoms with Gasteiger partial charge < -0.3 is 19.9 Å². The Hall–Kier alpha value is -2.47. The quantitative estimate of drug-likeness (QED) is 0.886. The number of nitrogens with one attached hydrogen (secondary N) is 1. The maximum atomic E-state index is 12.9. The Morgan fingerprint density at radius 1 is 1.15 bits per heavy atom. The summed E-state index contributed by atoms with van der Waals surface area (Å²) in [5, 5.41) is 3.53. The van der Waals surface area contributed by atoms with Crippen LogP contribution >= 0.6 is 11.6 Å². The minimum absolute atomic E-state index is 0.118. The Labute approximate surface area is 157 Å². The number of ether oxygens (including phenoxy) is 1. The molecule has 0 radical (unpaired) electrons. The van der Waals surface area contributed by atoms with Gasteiger partial charge in [-0.3, -0.25) is 0 Å². The number of rotatable bonds is 4. The summed E-state index contributed by atoms with van der Waals surface area (Å²) >= 11 is 6.10. The number of halogens is 2. The van der Waals surface area contributed by atoms with E-state index in [4.69, 9.17) is 16.3 Å².